The lowest BCUT2D eigenvalue weighted by atomic mass is 9.79. The molecule has 2 aliphatic rings. The van der Waals surface area contributed by atoms with Gasteiger partial charge in [-0.3, -0.25) is 5.10 Å². The Morgan fingerprint density at radius 1 is 1.07 bits per heavy atom. The van der Waals surface area contributed by atoms with E-state index in [9.17, 15) is 0 Å². The molecule has 1 unspecified atom stereocenters. The van der Waals surface area contributed by atoms with Gasteiger partial charge in [-0.1, -0.05) is 24.5 Å². The lowest BCUT2D eigenvalue weighted by Crippen LogP contribution is -2.14. The Hall–Kier alpha value is -0.860. The number of nitrogens with one attached hydrogen (secondary N) is 1. The highest BCUT2D eigenvalue weighted by Gasteiger charge is 2.32. The van der Waals surface area contributed by atoms with E-state index in [1.807, 2.05) is 0 Å². The maximum absolute atomic E-state index is 4.14. The summed E-state index contributed by atoms with van der Waals surface area (Å²) in [7, 11) is 0. The number of aromatic nitrogens is 3. The monoisotopic (exact) mass is 191 g/mol. The van der Waals surface area contributed by atoms with E-state index in [4.69, 9.17) is 0 Å². The molecule has 0 aliphatic heterocycles. The number of rotatable bonds is 1. The molecule has 1 fully saturated rings. The number of hydrogen-bond acceptors (Lipinski definition) is 2. The minimum atomic E-state index is 0.750. The topological polar surface area (TPSA) is 41.6 Å². The van der Waals surface area contributed by atoms with E-state index in [1.54, 1.807) is 0 Å². The van der Waals surface area contributed by atoms with Gasteiger partial charge in [-0.25, -0.2) is 0 Å². The number of hydrogen-bond donors (Lipinski definition) is 1. The third-order valence-corrected chi connectivity index (χ3v) is 3.93. The normalized spacial score (nSPS) is 27.9. The number of H-pyrrole nitrogens is 1. The van der Waals surface area contributed by atoms with E-state index < -0.39 is 0 Å². The summed E-state index contributed by atoms with van der Waals surface area (Å²) in [4.78, 5) is 0. The minimum Gasteiger partial charge on any atom is -0.262 e. The molecule has 0 radical (unpaired) electrons. The molecule has 1 saturated carbocycles. The summed E-state index contributed by atoms with van der Waals surface area (Å²) in [6.45, 7) is 0. The molecule has 0 bridgehead atoms. The molecule has 1 atom stereocenters. The van der Waals surface area contributed by atoms with Crippen LogP contribution in [0.2, 0.25) is 0 Å². The number of fused-ring (bicyclic) bond motifs is 1. The number of nitrogens with zero attached hydrogens (tertiary/aromatic N) is 2. The maximum atomic E-state index is 4.14. The van der Waals surface area contributed by atoms with E-state index in [0.29, 0.717) is 0 Å². The quantitative estimate of drug-likeness (QED) is 0.740. The van der Waals surface area contributed by atoms with Gasteiger partial charge in [-0.05, 0) is 31.6 Å². The van der Waals surface area contributed by atoms with E-state index in [2.05, 4.69) is 15.4 Å². The molecule has 0 saturated heterocycles. The van der Waals surface area contributed by atoms with Gasteiger partial charge in [0.15, 0.2) is 0 Å². The molecule has 3 rings (SSSR count). The summed E-state index contributed by atoms with van der Waals surface area (Å²) in [5.74, 6) is 1.66. The molecule has 3 heteroatoms. The van der Waals surface area contributed by atoms with Crippen LogP contribution in [0, 0.1) is 5.92 Å². The van der Waals surface area contributed by atoms with Gasteiger partial charge >= 0.3 is 0 Å². The molecule has 0 amide bonds. The van der Waals surface area contributed by atoms with Crippen molar-refractivity contribution in [2.75, 3.05) is 0 Å². The van der Waals surface area contributed by atoms with Crippen LogP contribution in [0.25, 0.3) is 0 Å². The second-order valence-electron chi connectivity index (χ2n) is 4.72. The van der Waals surface area contributed by atoms with Crippen LogP contribution in [-0.2, 0) is 6.42 Å². The van der Waals surface area contributed by atoms with Gasteiger partial charge in [-0.15, -0.1) is 5.10 Å². The van der Waals surface area contributed by atoms with Crippen LogP contribution in [0.15, 0.2) is 0 Å². The zero-order valence-electron chi connectivity index (χ0n) is 8.50. The molecular formula is C11H17N3. The summed E-state index contributed by atoms with van der Waals surface area (Å²) in [6.07, 6.45) is 9.59. The molecule has 3 nitrogen and oxygen atoms in total. The molecule has 1 N–H and O–H groups in total. The van der Waals surface area contributed by atoms with Crippen LogP contribution >= 0.6 is 0 Å². The van der Waals surface area contributed by atoms with Gasteiger partial charge in [0, 0.05) is 5.92 Å². The van der Waals surface area contributed by atoms with Crippen molar-refractivity contribution in [2.24, 2.45) is 5.92 Å². The van der Waals surface area contributed by atoms with Crippen LogP contribution < -0.4 is 0 Å². The largest absolute Gasteiger partial charge is 0.262 e. The van der Waals surface area contributed by atoms with E-state index >= 15 is 0 Å². The van der Waals surface area contributed by atoms with Gasteiger partial charge in [0.2, 0.25) is 0 Å². The summed E-state index contributed by atoms with van der Waals surface area (Å²) in [6, 6.07) is 0. The van der Waals surface area contributed by atoms with E-state index in [0.717, 1.165) is 18.3 Å². The first-order valence-corrected chi connectivity index (χ1v) is 5.85. The average Bonchev–Trinajstić information content (AvgIpc) is 2.79. The van der Waals surface area contributed by atoms with Crippen LogP contribution in [0.5, 0.6) is 0 Å². The molecule has 2 aliphatic carbocycles. The maximum Gasteiger partial charge on any atom is 0.0859 e. The van der Waals surface area contributed by atoms with Crippen molar-refractivity contribution in [1.29, 1.82) is 0 Å². The van der Waals surface area contributed by atoms with Crippen LogP contribution in [0.4, 0.5) is 0 Å². The molecular weight excluding hydrogens is 174 g/mol. The van der Waals surface area contributed by atoms with Crippen molar-refractivity contribution < 1.29 is 0 Å². The van der Waals surface area contributed by atoms with Gasteiger partial charge in [-0.2, -0.15) is 0 Å². The van der Waals surface area contributed by atoms with Gasteiger partial charge < -0.3 is 0 Å². The second kappa shape index (κ2) is 3.37. The SMILES string of the molecule is C1CCC(C2CCc3nn[nH]c32)CC1. The first-order chi connectivity index (χ1) is 6.95. The third kappa shape index (κ3) is 1.26. The fraction of sp³-hybridized carbons (Fsp3) is 0.818. The summed E-state index contributed by atoms with van der Waals surface area (Å²) in [5, 5.41) is 11.2. The highest BCUT2D eigenvalue weighted by Crippen LogP contribution is 2.42. The Morgan fingerprint density at radius 2 is 1.93 bits per heavy atom. The third-order valence-electron chi connectivity index (χ3n) is 3.93. The minimum absolute atomic E-state index is 0.750. The molecule has 14 heavy (non-hydrogen) atoms. The summed E-state index contributed by atoms with van der Waals surface area (Å²) >= 11 is 0. The van der Waals surface area contributed by atoms with Crippen molar-refractivity contribution in [3.63, 3.8) is 0 Å². The molecule has 1 heterocycles. The number of aryl methyl sites for hydroxylation is 1. The molecule has 1 aromatic heterocycles. The van der Waals surface area contributed by atoms with Crippen molar-refractivity contribution in [3.8, 4) is 0 Å². The van der Waals surface area contributed by atoms with E-state index in [-0.39, 0.29) is 0 Å². The Bertz CT molecular complexity index is 312. The zero-order valence-corrected chi connectivity index (χ0v) is 8.50. The van der Waals surface area contributed by atoms with Crippen molar-refractivity contribution in [2.45, 2.75) is 50.9 Å². The molecule has 76 valence electrons. The summed E-state index contributed by atoms with van der Waals surface area (Å²) in [5.41, 5.74) is 2.59. The standard InChI is InChI=1S/C11H17N3/c1-2-4-8(5-3-1)9-6-7-10-11(9)13-14-12-10/h8-9H,1-7H2,(H,12,13,14). The van der Waals surface area contributed by atoms with Crippen molar-refractivity contribution in [1.82, 2.24) is 15.4 Å². The smallest absolute Gasteiger partial charge is 0.0859 e. The second-order valence-corrected chi connectivity index (χ2v) is 4.72. The molecule has 1 aromatic rings. The van der Waals surface area contributed by atoms with Crippen LogP contribution in [0.3, 0.4) is 0 Å². The van der Waals surface area contributed by atoms with Crippen molar-refractivity contribution in [3.05, 3.63) is 11.4 Å². The number of aromatic amines is 1. The highest BCUT2D eigenvalue weighted by molar-refractivity contribution is 5.21. The summed E-state index contributed by atoms with van der Waals surface area (Å²) < 4.78 is 0. The van der Waals surface area contributed by atoms with Gasteiger partial charge in [0.05, 0.1) is 11.4 Å². The Labute approximate surface area is 84.3 Å². The predicted molar refractivity (Wildman–Crippen MR) is 54.0 cm³/mol. The Balaban J connectivity index is 1.80. The lowest BCUT2D eigenvalue weighted by Gasteiger charge is -2.26. The molecule has 0 spiro atoms. The van der Waals surface area contributed by atoms with Crippen molar-refractivity contribution >= 4 is 0 Å². The lowest BCUT2D eigenvalue weighted by molar-refractivity contribution is 0.299. The first-order valence-electron chi connectivity index (χ1n) is 5.85. The van der Waals surface area contributed by atoms with E-state index in [1.165, 1.54) is 49.9 Å². The zero-order chi connectivity index (χ0) is 9.38. The predicted octanol–water partition coefficient (Wildman–Crippen LogP) is 2.41. The fourth-order valence-electron chi connectivity index (χ4n) is 3.18. The van der Waals surface area contributed by atoms with Crippen LogP contribution in [-0.4, -0.2) is 15.4 Å². The van der Waals surface area contributed by atoms with Gasteiger partial charge in [0.1, 0.15) is 0 Å². The van der Waals surface area contributed by atoms with Gasteiger partial charge in [0.25, 0.3) is 0 Å². The Kier molecular flexibility index (Phi) is 2.03. The molecule has 0 aromatic carbocycles. The highest BCUT2D eigenvalue weighted by atomic mass is 15.3. The first kappa shape index (κ1) is 8.45. The average molecular weight is 191 g/mol. The van der Waals surface area contributed by atoms with Crippen LogP contribution in [0.1, 0.15) is 55.8 Å². The fourth-order valence-corrected chi connectivity index (χ4v) is 3.18. The Morgan fingerprint density at radius 3 is 2.79 bits per heavy atom.